The molecule has 1 heterocycles. The second-order valence-corrected chi connectivity index (χ2v) is 6.37. The van der Waals surface area contributed by atoms with Crippen molar-refractivity contribution >= 4 is 29.7 Å². The molecule has 0 radical (unpaired) electrons. The second-order valence-electron chi connectivity index (χ2n) is 6.37. The Hall–Kier alpha value is -3.56. The number of aliphatic carboxylic acids is 2. The molecule has 4 unspecified atom stereocenters. The van der Waals surface area contributed by atoms with Gasteiger partial charge in [-0.2, -0.15) is 0 Å². The van der Waals surface area contributed by atoms with Crippen molar-refractivity contribution in [2.45, 2.75) is 37.0 Å². The normalized spacial score (nSPS) is 14.5. The van der Waals surface area contributed by atoms with Gasteiger partial charge in [0.2, 0.25) is 17.7 Å². The fraction of sp³-hybridized carbons (Fsp3) is 0.500. The highest BCUT2D eigenvalue weighted by Gasteiger charge is 2.31. The van der Waals surface area contributed by atoms with Gasteiger partial charge in [0.05, 0.1) is 26.0 Å². The van der Waals surface area contributed by atoms with Gasteiger partial charge in [-0.05, 0) is 0 Å². The molecular formula is C16H24N6O9. The topological polar surface area (TPSA) is 257 Å². The molecule has 172 valence electrons. The quantitative estimate of drug-likeness (QED) is 0.139. The number of amides is 3. The van der Waals surface area contributed by atoms with Crippen LogP contribution in [0, 0.1) is 0 Å². The number of hydrogen-bond acceptors (Lipinski definition) is 9. The lowest BCUT2D eigenvalue weighted by atomic mass is 10.1. The van der Waals surface area contributed by atoms with Crippen molar-refractivity contribution in [3.05, 3.63) is 18.2 Å². The summed E-state index contributed by atoms with van der Waals surface area (Å²) >= 11 is 0. The van der Waals surface area contributed by atoms with E-state index in [1.165, 1.54) is 12.5 Å². The molecule has 15 heteroatoms. The van der Waals surface area contributed by atoms with Gasteiger partial charge in [-0.25, -0.2) is 9.78 Å². The number of nitrogens with zero attached hydrogens (tertiary/aromatic N) is 1. The average Bonchev–Trinajstić information content (AvgIpc) is 3.22. The number of nitrogens with two attached hydrogens (primary N) is 1. The van der Waals surface area contributed by atoms with Crippen LogP contribution in [-0.4, -0.2) is 97.4 Å². The zero-order valence-corrected chi connectivity index (χ0v) is 16.1. The first-order valence-electron chi connectivity index (χ1n) is 8.89. The number of imidazole rings is 1. The van der Waals surface area contributed by atoms with E-state index in [1.54, 1.807) is 0 Å². The Morgan fingerprint density at radius 3 is 2.00 bits per heavy atom. The monoisotopic (exact) mass is 444 g/mol. The highest BCUT2D eigenvalue weighted by molar-refractivity contribution is 5.95. The first-order chi connectivity index (χ1) is 14.6. The first-order valence-corrected chi connectivity index (χ1v) is 8.89. The van der Waals surface area contributed by atoms with Gasteiger partial charge in [-0.1, -0.05) is 0 Å². The fourth-order valence-corrected chi connectivity index (χ4v) is 2.30. The smallest absolute Gasteiger partial charge is 0.326 e. The van der Waals surface area contributed by atoms with Gasteiger partial charge in [0.25, 0.3) is 0 Å². The summed E-state index contributed by atoms with van der Waals surface area (Å²) in [5, 5.41) is 42.7. The summed E-state index contributed by atoms with van der Waals surface area (Å²) in [5.41, 5.74) is 5.71. The maximum absolute atomic E-state index is 12.4. The number of carbonyl (C=O) groups is 5. The summed E-state index contributed by atoms with van der Waals surface area (Å²) < 4.78 is 0. The van der Waals surface area contributed by atoms with E-state index in [4.69, 9.17) is 15.9 Å². The highest BCUT2D eigenvalue weighted by Crippen LogP contribution is 2.01. The Kier molecular flexibility index (Phi) is 10.0. The van der Waals surface area contributed by atoms with Crippen LogP contribution in [0.25, 0.3) is 0 Å². The SMILES string of the molecule is NC(CO)C(=O)NC(CC(=O)O)C(=O)NC(CO)C(=O)NC(Cc1cnc[nH]1)C(=O)O. The van der Waals surface area contributed by atoms with Crippen LogP contribution < -0.4 is 21.7 Å². The molecule has 0 spiro atoms. The standard InChI is InChI=1S/C16H24N6O9/c17-8(4-23)13(27)20-9(2-12(25)26)14(28)22-11(5-24)15(29)21-10(16(30)31)1-7-3-18-6-19-7/h3,6,8-11,23-24H,1-2,4-5,17H2,(H,18,19)(H,20,27)(H,21,29)(H,22,28)(H,25,26)(H,30,31). The predicted molar refractivity (Wildman–Crippen MR) is 100 cm³/mol. The molecule has 0 saturated carbocycles. The second kappa shape index (κ2) is 12.2. The third-order valence-corrected chi connectivity index (χ3v) is 3.95. The van der Waals surface area contributed by atoms with E-state index >= 15 is 0 Å². The largest absolute Gasteiger partial charge is 0.481 e. The highest BCUT2D eigenvalue weighted by atomic mass is 16.4. The van der Waals surface area contributed by atoms with Crippen molar-refractivity contribution in [2.75, 3.05) is 13.2 Å². The molecule has 1 aromatic heterocycles. The Bertz CT molecular complexity index is 785. The molecule has 15 nitrogen and oxygen atoms in total. The third-order valence-electron chi connectivity index (χ3n) is 3.95. The fourth-order valence-electron chi connectivity index (χ4n) is 2.30. The van der Waals surface area contributed by atoms with Crippen LogP contribution in [0.4, 0.5) is 0 Å². The minimum atomic E-state index is -1.68. The number of aromatic nitrogens is 2. The number of rotatable bonds is 13. The number of carboxylic acids is 2. The molecule has 0 aliphatic carbocycles. The van der Waals surface area contributed by atoms with Crippen LogP contribution in [0.1, 0.15) is 12.1 Å². The van der Waals surface area contributed by atoms with Gasteiger partial charge in [-0.15, -0.1) is 0 Å². The van der Waals surface area contributed by atoms with E-state index in [0.717, 1.165) is 0 Å². The van der Waals surface area contributed by atoms with Gasteiger partial charge >= 0.3 is 11.9 Å². The Morgan fingerprint density at radius 2 is 1.52 bits per heavy atom. The van der Waals surface area contributed by atoms with Crippen LogP contribution in [0.5, 0.6) is 0 Å². The summed E-state index contributed by atoms with van der Waals surface area (Å²) in [6.45, 7) is -1.71. The van der Waals surface area contributed by atoms with Crippen LogP contribution in [0.2, 0.25) is 0 Å². The molecule has 3 amide bonds. The lowest BCUT2D eigenvalue weighted by molar-refractivity contribution is -0.143. The number of aromatic amines is 1. The van der Waals surface area contributed by atoms with Gasteiger partial charge in [-0.3, -0.25) is 19.2 Å². The maximum Gasteiger partial charge on any atom is 0.326 e. The molecule has 0 fully saturated rings. The Morgan fingerprint density at radius 1 is 0.935 bits per heavy atom. The molecule has 0 aliphatic heterocycles. The van der Waals surface area contributed by atoms with Crippen LogP contribution in [0.3, 0.4) is 0 Å². The summed E-state index contributed by atoms with van der Waals surface area (Å²) in [4.78, 5) is 65.2. The Balaban J connectivity index is 2.84. The van der Waals surface area contributed by atoms with E-state index < -0.39 is 73.5 Å². The molecular weight excluding hydrogens is 420 g/mol. The number of carboxylic acid groups (broad SMARTS) is 2. The molecule has 0 aliphatic rings. The first kappa shape index (κ1) is 25.5. The van der Waals surface area contributed by atoms with Gasteiger partial charge in [0.1, 0.15) is 24.2 Å². The number of hydrogen-bond donors (Lipinski definition) is 9. The molecule has 0 saturated heterocycles. The molecule has 31 heavy (non-hydrogen) atoms. The number of H-pyrrole nitrogens is 1. The summed E-state index contributed by atoms with van der Waals surface area (Å²) in [5.74, 6) is -6.07. The zero-order valence-electron chi connectivity index (χ0n) is 16.1. The minimum absolute atomic E-state index is 0.163. The van der Waals surface area contributed by atoms with Gasteiger partial charge < -0.3 is 47.1 Å². The third kappa shape index (κ3) is 8.37. The van der Waals surface area contributed by atoms with Crippen molar-refractivity contribution in [1.82, 2.24) is 25.9 Å². The van der Waals surface area contributed by atoms with Crippen LogP contribution in [-0.2, 0) is 30.4 Å². The van der Waals surface area contributed by atoms with E-state index in [2.05, 4.69) is 15.3 Å². The average molecular weight is 444 g/mol. The minimum Gasteiger partial charge on any atom is -0.481 e. The molecule has 0 aromatic carbocycles. The van der Waals surface area contributed by atoms with Crippen molar-refractivity contribution in [1.29, 1.82) is 0 Å². The van der Waals surface area contributed by atoms with Gasteiger partial charge in [0, 0.05) is 18.3 Å². The van der Waals surface area contributed by atoms with E-state index in [9.17, 15) is 34.2 Å². The summed E-state index contributed by atoms with van der Waals surface area (Å²) in [6, 6.07) is -6.16. The number of carbonyl (C=O) groups excluding carboxylic acids is 3. The van der Waals surface area contributed by atoms with E-state index in [1.807, 2.05) is 10.6 Å². The van der Waals surface area contributed by atoms with Crippen molar-refractivity contribution < 1.29 is 44.4 Å². The van der Waals surface area contributed by atoms with Crippen LogP contribution >= 0.6 is 0 Å². The number of aliphatic hydroxyl groups excluding tert-OH is 2. The van der Waals surface area contributed by atoms with Crippen molar-refractivity contribution in [3.8, 4) is 0 Å². The lowest BCUT2D eigenvalue weighted by Crippen LogP contribution is -2.58. The summed E-state index contributed by atoms with van der Waals surface area (Å²) in [6.07, 6.45) is 1.62. The molecule has 10 N–H and O–H groups in total. The van der Waals surface area contributed by atoms with E-state index in [-0.39, 0.29) is 6.42 Å². The Labute approximate surface area is 175 Å². The molecule has 4 atom stereocenters. The number of aliphatic hydroxyl groups is 2. The zero-order chi connectivity index (χ0) is 23.6. The number of nitrogens with one attached hydrogen (secondary N) is 4. The van der Waals surface area contributed by atoms with Crippen LogP contribution in [0.15, 0.2) is 12.5 Å². The maximum atomic E-state index is 12.4. The molecule has 0 bridgehead atoms. The molecule has 1 aromatic rings. The predicted octanol–water partition coefficient (Wildman–Crippen LogP) is -4.72. The summed E-state index contributed by atoms with van der Waals surface area (Å²) in [7, 11) is 0. The lowest BCUT2D eigenvalue weighted by Gasteiger charge is -2.23. The molecule has 1 rings (SSSR count). The van der Waals surface area contributed by atoms with Gasteiger partial charge in [0.15, 0.2) is 0 Å². The van der Waals surface area contributed by atoms with Crippen molar-refractivity contribution in [2.24, 2.45) is 5.73 Å². The van der Waals surface area contributed by atoms with Crippen molar-refractivity contribution in [3.63, 3.8) is 0 Å². The van der Waals surface area contributed by atoms with E-state index in [0.29, 0.717) is 5.69 Å².